The van der Waals surface area contributed by atoms with Gasteiger partial charge in [0.05, 0.1) is 5.75 Å². The number of rotatable bonds is 5. The van der Waals surface area contributed by atoms with Gasteiger partial charge in [0, 0.05) is 37.3 Å². The first-order valence-corrected chi connectivity index (χ1v) is 10.7. The summed E-state index contributed by atoms with van der Waals surface area (Å²) in [5, 5.41) is 0.645. The smallest absolute Gasteiger partial charge is 0.246 e. The molecule has 0 aromatic heterocycles. The van der Waals surface area contributed by atoms with Gasteiger partial charge in [0.1, 0.15) is 0 Å². The molecule has 1 fully saturated rings. The van der Waals surface area contributed by atoms with Crippen LogP contribution in [0.1, 0.15) is 11.1 Å². The van der Waals surface area contributed by atoms with E-state index in [-0.39, 0.29) is 11.7 Å². The molecule has 3 rings (SSSR count). The van der Waals surface area contributed by atoms with Crippen molar-refractivity contribution in [1.82, 2.24) is 9.21 Å². The normalized spacial score (nSPS) is 16.0. The van der Waals surface area contributed by atoms with Crippen molar-refractivity contribution in [2.75, 3.05) is 26.2 Å². The minimum Gasteiger partial charge on any atom is -0.337 e. The molecule has 0 saturated carbocycles. The molecule has 0 unspecified atom stereocenters. The minimum atomic E-state index is -3.38. The quantitative estimate of drug-likeness (QED) is 0.720. The lowest BCUT2D eigenvalue weighted by Gasteiger charge is -2.33. The molecule has 7 heteroatoms. The van der Waals surface area contributed by atoms with Crippen molar-refractivity contribution < 1.29 is 13.2 Å². The van der Waals surface area contributed by atoms with Crippen LogP contribution >= 0.6 is 11.6 Å². The molecule has 1 saturated heterocycles. The molecule has 0 atom stereocenters. The molecule has 5 nitrogen and oxygen atoms in total. The second kappa shape index (κ2) is 8.69. The highest BCUT2D eigenvalue weighted by molar-refractivity contribution is 7.88. The van der Waals surface area contributed by atoms with E-state index in [4.69, 9.17) is 11.6 Å². The van der Waals surface area contributed by atoms with Crippen LogP contribution in [0.2, 0.25) is 5.02 Å². The number of hydrogen-bond acceptors (Lipinski definition) is 3. The Labute approximate surface area is 164 Å². The first-order valence-electron chi connectivity index (χ1n) is 8.68. The lowest BCUT2D eigenvalue weighted by Crippen LogP contribution is -2.50. The monoisotopic (exact) mass is 404 g/mol. The van der Waals surface area contributed by atoms with Crippen molar-refractivity contribution in [3.8, 4) is 0 Å². The van der Waals surface area contributed by atoms with Crippen molar-refractivity contribution in [3.63, 3.8) is 0 Å². The maximum atomic E-state index is 12.6. The number of carbonyl (C=O) groups is 1. The third-order valence-corrected chi connectivity index (χ3v) is 6.53. The van der Waals surface area contributed by atoms with Crippen LogP contribution in [0.5, 0.6) is 0 Å². The third kappa shape index (κ3) is 5.42. The van der Waals surface area contributed by atoms with E-state index in [1.807, 2.05) is 30.3 Å². The molecule has 27 heavy (non-hydrogen) atoms. The Hall–Kier alpha value is -2.15. The summed E-state index contributed by atoms with van der Waals surface area (Å²) in [7, 11) is -3.38. The van der Waals surface area contributed by atoms with Gasteiger partial charge in [-0.05, 0) is 29.3 Å². The topological polar surface area (TPSA) is 57.7 Å². The molecule has 1 amide bonds. The van der Waals surface area contributed by atoms with Crippen molar-refractivity contribution in [2.45, 2.75) is 5.75 Å². The van der Waals surface area contributed by atoms with Crippen LogP contribution in [0, 0.1) is 0 Å². The fraction of sp³-hybridized carbons (Fsp3) is 0.250. The maximum Gasteiger partial charge on any atom is 0.246 e. The average Bonchev–Trinajstić information content (AvgIpc) is 2.68. The Morgan fingerprint density at radius 2 is 1.59 bits per heavy atom. The number of nitrogens with zero attached hydrogens (tertiary/aromatic N) is 2. The van der Waals surface area contributed by atoms with E-state index in [0.29, 0.717) is 31.2 Å². The number of benzene rings is 2. The van der Waals surface area contributed by atoms with Crippen molar-refractivity contribution in [1.29, 1.82) is 0 Å². The zero-order chi connectivity index (χ0) is 19.3. The molecule has 0 aliphatic carbocycles. The number of piperazine rings is 1. The van der Waals surface area contributed by atoms with Crippen LogP contribution in [0.4, 0.5) is 0 Å². The van der Waals surface area contributed by atoms with Gasteiger partial charge < -0.3 is 4.90 Å². The lowest BCUT2D eigenvalue weighted by molar-refractivity contribution is -0.127. The van der Waals surface area contributed by atoms with Gasteiger partial charge in [-0.1, -0.05) is 54.1 Å². The lowest BCUT2D eigenvalue weighted by atomic mass is 10.2. The SMILES string of the molecule is O=C(/C=C/c1ccc(Cl)cc1)N1CCN(S(=O)(=O)Cc2ccccc2)CC1. The largest absolute Gasteiger partial charge is 0.337 e. The molecule has 0 radical (unpaired) electrons. The summed E-state index contributed by atoms with van der Waals surface area (Å²) < 4.78 is 26.6. The van der Waals surface area contributed by atoms with Crippen LogP contribution in [-0.2, 0) is 20.6 Å². The highest BCUT2D eigenvalue weighted by Gasteiger charge is 2.28. The molecule has 2 aromatic rings. The minimum absolute atomic E-state index is 0.0156. The maximum absolute atomic E-state index is 12.6. The average molecular weight is 405 g/mol. The highest BCUT2D eigenvalue weighted by Crippen LogP contribution is 2.15. The Morgan fingerprint density at radius 3 is 2.22 bits per heavy atom. The second-order valence-electron chi connectivity index (χ2n) is 6.35. The van der Waals surface area contributed by atoms with Crippen LogP contribution in [0.3, 0.4) is 0 Å². The zero-order valence-electron chi connectivity index (χ0n) is 14.8. The molecule has 0 N–H and O–H groups in total. The van der Waals surface area contributed by atoms with Crippen LogP contribution in [0.15, 0.2) is 60.7 Å². The van der Waals surface area contributed by atoms with E-state index >= 15 is 0 Å². The number of amides is 1. The Balaban J connectivity index is 1.55. The summed E-state index contributed by atoms with van der Waals surface area (Å²) in [6.45, 7) is 1.40. The van der Waals surface area contributed by atoms with Gasteiger partial charge in [-0.3, -0.25) is 4.79 Å². The summed E-state index contributed by atoms with van der Waals surface area (Å²) in [5.74, 6) is -0.136. The van der Waals surface area contributed by atoms with E-state index in [1.54, 1.807) is 35.2 Å². The Morgan fingerprint density at radius 1 is 0.963 bits per heavy atom. The van der Waals surface area contributed by atoms with Crippen LogP contribution < -0.4 is 0 Å². The molecule has 1 heterocycles. The van der Waals surface area contributed by atoms with Gasteiger partial charge >= 0.3 is 0 Å². The van der Waals surface area contributed by atoms with E-state index < -0.39 is 10.0 Å². The van der Waals surface area contributed by atoms with Gasteiger partial charge in [-0.25, -0.2) is 8.42 Å². The molecule has 1 aliphatic heterocycles. The van der Waals surface area contributed by atoms with E-state index in [1.165, 1.54) is 10.4 Å². The molecular formula is C20H21ClN2O3S. The summed E-state index contributed by atoms with van der Waals surface area (Å²) in [4.78, 5) is 14.0. The van der Waals surface area contributed by atoms with E-state index in [9.17, 15) is 13.2 Å². The number of halogens is 1. The fourth-order valence-electron chi connectivity index (χ4n) is 2.91. The van der Waals surface area contributed by atoms with Crippen LogP contribution in [-0.4, -0.2) is 49.7 Å². The van der Waals surface area contributed by atoms with Crippen molar-refractivity contribution >= 4 is 33.6 Å². The summed E-state index contributed by atoms with van der Waals surface area (Å²) in [6.07, 6.45) is 3.24. The number of carbonyl (C=O) groups excluding carboxylic acids is 1. The van der Waals surface area contributed by atoms with Crippen LogP contribution in [0.25, 0.3) is 6.08 Å². The van der Waals surface area contributed by atoms with Gasteiger partial charge in [0.25, 0.3) is 0 Å². The fourth-order valence-corrected chi connectivity index (χ4v) is 4.55. The zero-order valence-corrected chi connectivity index (χ0v) is 16.4. The molecule has 1 aliphatic rings. The number of sulfonamides is 1. The standard InChI is InChI=1S/C20H21ClN2O3S/c21-19-9-6-17(7-10-19)8-11-20(24)22-12-14-23(15-13-22)27(25,26)16-18-4-2-1-3-5-18/h1-11H,12-16H2/b11-8+. The predicted molar refractivity (Wildman–Crippen MR) is 108 cm³/mol. The summed E-state index contributed by atoms with van der Waals surface area (Å²) >= 11 is 5.84. The highest BCUT2D eigenvalue weighted by atomic mass is 35.5. The first-order chi connectivity index (χ1) is 12.9. The molecule has 0 bridgehead atoms. The van der Waals surface area contributed by atoms with Gasteiger partial charge in [0.15, 0.2) is 0 Å². The molecule has 142 valence electrons. The van der Waals surface area contributed by atoms with Gasteiger partial charge in [-0.15, -0.1) is 0 Å². The molecule has 2 aromatic carbocycles. The molecule has 0 spiro atoms. The van der Waals surface area contributed by atoms with Gasteiger partial charge in [0.2, 0.25) is 15.9 Å². The van der Waals surface area contributed by atoms with Crippen molar-refractivity contribution in [3.05, 3.63) is 76.8 Å². The van der Waals surface area contributed by atoms with Crippen molar-refractivity contribution in [2.24, 2.45) is 0 Å². The Kier molecular flexibility index (Phi) is 6.31. The summed E-state index contributed by atoms with van der Waals surface area (Å²) in [5.41, 5.74) is 1.65. The Bertz CT molecular complexity index is 904. The van der Waals surface area contributed by atoms with Gasteiger partial charge in [-0.2, -0.15) is 4.31 Å². The molecular weight excluding hydrogens is 384 g/mol. The summed E-state index contributed by atoms with van der Waals surface area (Å²) in [6, 6.07) is 16.3. The third-order valence-electron chi connectivity index (χ3n) is 4.42. The second-order valence-corrected chi connectivity index (χ2v) is 8.76. The van der Waals surface area contributed by atoms with E-state index in [2.05, 4.69) is 0 Å². The predicted octanol–water partition coefficient (Wildman–Crippen LogP) is 3.03. The van der Waals surface area contributed by atoms with E-state index in [0.717, 1.165) is 11.1 Å². The first kappa shape index (κ1) is 19.6. The number of hydrogen-bond donors (Lipinski definition) is 0.